The molecule has 3 aromatic rings. The number of benzene rings is 1. The summed E-state index contributed by atoms with van der Waals surface area (Å²) in [6.45, 7) is 1.89. The predicted molar refractivity (Wildman–Crippen MR) is 101 cm³/mol. The van der Waals surface area contributed by atoms with Gasteiger partial charge in [0.25, 0.3) is 5.91 Å². The lowest BCUT2D eigenvalue weighted by molar-refractivity contribution is -0.137. The Kier molecular flexibility index (Phi) is 5.56. The summed E-state index contributed by atoms with van der Waals surface area (Å²) in [6, 6.07) is 13.7. The van der Waals surface area contributed by atoms with Crippen molar-refractivity contribution in [1.82, 2.24) is 15.3 Å². The van der Waals surface area contributed by atoms with Crippen LogP contribution in [0.5, 0.6) is 0 Å². The third-order valence-corrected chi connectivity index (χ3v) is 4.23. The van der Waals surface area contributed by atoms with Gasteiger partial charge in [0.15, 0.2) is 0 Å². The Morgan fingerprint density at radius 3 is 2.63 bits per heavy atom. The third-order valence-electron chi connectivity index (χ3n) is 4.23. The van der Waals surface area contributed by atoms with Crippen LogP contribution < -0.4 is 5.32 Å². The summed E-state index contributed by atoms with van der Waals surface area (Å²) >= 11 is 0. The maximum atomic E-state index is 12.8. The van der Waals surface area contributed by atoms with Gasteiger partial charge in [0, 0.05) is 29.7 Å². The first-order valence-corrected chi connectivity index (χ1v) is 8.49. The van der Waals surface area contributed by atoms with Gasteiger partial charge in [0.2, 0.25) is 0 Å². The quantitative estimate of drug-likeness (QED) is 0.702. The van der Waals surface area contributed by atoms with Crippen LogP contribution in [0.4, 0.5) is 0 Å². The smallest absolute Gasteiger partial charge is 0.305 e. The van der Waals surface area contributed by atoms with Gasteiger partial charge in [-0.3, -0.25) is 19.6 Å². The molecule has 136 valence electrons. The zero-order valence-electron chi connectivity index (χ0n) is 14.8. The highest BCUT2D eigenvalue weighted by Crippen LogP contribution is 2.22. The van der Waals surface area contributed by atoms with Crippen molar-refractivity contribution >= 4 is 11.9 Å². The second kappa shape index (κ2) is 8.23. The monoisotopic (exact) mass is 361 g/mol. The lowest BCUT2D eigenvalue weighted by atomic mass is 9.98. The number of aryl methyl sites for hydroxylation is 1. The Morgan fingerprint density at radius 2 is 1.93 bits per heavy atom. The molecule has 1 atom stereocenters. The van der Waals surface area contributed by atoms with Crippen molar-refractivity contribution in [2.75, 3.05) is 0 Å². The number of pyridine rings is 2. The molecule has 1 aromatic carbocycles. The largest absolute Gasteiger partial charge is 0.481 e. The fourth-order valence-electron chi connectivity index (χ4n) is 2.88. The second-order valence-corrected chi connectivity index (χ2v) is 6.15. The van der Waals surface area contributed by atoms with E-state index < -0.39 is 12.0 Å². The van der Waals surface area contributed by atoms with Gasteiger partial charge in [-0.15, -0.1) is 0 Å². The molecular formula is C21H19N3O3. The number of carboxylic acids is 1. The molecule has 2 heterocycles. The summed E-state index contributed by atoms with van der Waals surface area (Å²) in [5.74, 6) is -1.33. The first kappa shape index (κ1) is 18.3. The molecule has 0 saturated carbocycles. The molecule has 3 rings (SSSR count). The number of carboxylic acid groups (broad SMARTS) is 1. The Balaban J connectivity index is 1.86. The molecule has 2 aromatic heterocycles. The maximum Gasteiger partial charge on any atom is 0.305 e. The summed E-state index contributed by atoms with van der Waals surface area (Å²) in [5, 5.41) is 12.1. The molecule has 0 fully saturated rings. The van der Waals surface area contributed by atoms with Crippen molar-refractivity contribution in [1.29, 1.82) is 0 Å². The Morgan fingerprint density at radius 1 is 1.11 bits per heavy atom. The summed E-state index contributed by atoms with van der Waals surface area (Å²) in [7, 11) is 0. The highest BCUT2D eigenvalue weighted by atomic mass is 16.4. The van der Waals surface area contributed by atoms with Crippen LogP contribution in [-0.4, -0.2) is 27.0 Å². The molecule has 6 nitrogen and oxygen atoms in total. The van der Waals surface area contributed by atoms with Crippen LogP contribution in [-0.2, 0) is 4.79 Å². The van der Waals surface area contributed by atoms with Gasteiger partial charge in [-0.2, -0.15) is 0 Å². The lowest BCUT2D eigenvalue weighted by Gasteiger charge is -2.19. The molecular weight excluding hydrogens is 342 g/mol. The summed E-state index contributed by atoms with van der Waals surface area (Å²) in [6.07, 6.45) is 4.69. The van der Waals surface area contributed by atoms with Crippen LogP contribution in [0.15, 0.2) is 67.1 Å². The Hall–Kier alpha value is -3.54. The lowest BCUT2D eigenvalue weighted by Crippen LogP contribution is -2.30. The minimum Gasteiger partial charge on any atom is -0.481 e. The molecule has 2 N–H and O–H groups in total. The van der Waals surface area contributed by atoms with Crippen molar-refractivity contribution in [3.05, 3.63) is 83.8 Å². The van der Waals surface area contributed by atoms with Gasteiger partial charge in [-0.1, -0.05) is 24.3 Å². The van der Waals surface area contributed by atoms with Gasteiger partial charge < -0.3 is 10.4 Å². The van der Waals surface area contributed by atoms with Gasteiger partial charge in [-0.25, -0.2) is 0 Å². The summed E-state index contributed by atoms with van der Waals surface area (Å²) in [5.41, 5.74) is 3.55. The van der Waals surface area contributed by atoms with E-state index in [9.17, 15) is 14.7 Å². The van der Waals surface area contributed by atoms with Crippen molar-refractivity contribution < 1.29 is 14.7 Å². The van der Waals surface area contributed by atoms with Crippen LogP contribution in [0.3, 0.4) is 0 Å². The van der Waals surface area contributed by atoms with E-state index in [1.165, 1.54) is 0 Å². The van der Waals surface area contributed by atoms with E-state index in [2.05, 4.69) is 15.3 Å². The van der Waals surface area contributed by atoms with Gasteiger partial charge in [-0.05, 0) is 42.3 Å². The van der Waals surface area contributed by atoms with Crippen LogP contribution >= 0.6 is 0 Å². The number of hydrogen-bond acceptors (Lipinski definition) is 4. The van der Waals surface area contributed by atoms with E-state index in [1.54, 1.807) is 36.8 Å². The molecule has 0 aliphatic heterocycles. The highest BCUT2D eigenvalue weighted by molar-refractivity contribution is 5.95. The van der Waals surface area contributed by atoms with Crippen LogP contribution in [0.25, 0.3) is 11.3 Å². The van der Waals surface area contributed by atoms with Crippen LogP contribution in [0, 0.1) is 6.92 Å². The normalized spacial score (nSPS) is 11.6. The van der Waals surface area contributed by atoms with Crippen molar-refractivity contribution in [2.24, 2.45) is 0 Å². The van der Waals surface area contributed by atoms with Crippen molar-refractivity contribution in [3.63, 3.8) is 0 Å². The number of carbonyl (C=O) groups is 2. The molecule has 1 amide bonds. The first-order valence-electron chi connectivity index (χ1n) is 8.49. The number of aliphatic carboxylic acids is 1. The average Bonchev–Trinajstić information content (AvgIpc) is 2.68. The molecule has 27 heavy (non-hydrogen) atoms. The van der Waals surface area contributed by atoms with E-state index in [4.69, 9.17) is 0 Å². The van der Waals surface area contributed by atoms with E-state index in [0.717, 1.165) is 16.7 Å². The number of carbonyl (C=O) groups excluding carboxylic acids is 1. The number of nitrogens with zero attached hydrogens (tertiary/aromatic N) is 2. The molecule has 0 aliphatic rings. The number of nitrogens with one attached hydrogen (secondary N) is 1. The van der Waals surface area contributed by atoms with Crippen LogP contribution in [0.2, 0.25) is 0 Å². The fraction of sp³-hybridized carbons (Fsp3) is 0.143. The standard InChI is InChI=1S/C21H19N3O3/c1-14-5-2-3-7-17(14)19(12-20(25)26)24-21(27)15-8-10-23-18(11-15)16-6-4-9-22-13-16/h2-11,13,19H,12H2,1H3,(H,24,27)(H,25,26)/t19-/m0/s1. The Labute approximate surface area is 156 Å². The summed E-state index contributed by atoms with van der Waals surface area (Å²) in [4.78, 5) is 32.4. The molecule has 6 heteroatoms. The number of rotatable bonds is 6. The Bertz CT molecular complexity index is 958. The topological polar surface area (TPSA) is 92.2 Å². The van der Waals surface area contributed by atoms with E-state index in [0.29, 0.717) is 11.3 Å². The highest BCUT2D eigenvalue weighted by Gasteiger charge is 2.20. The molecule has 0 saturated heterocycles. The van der Waals surface area contributed by atoms with Crippen molar-refractivity contribution in [3.8, 4) is 11.3 Å². The second-order valence-electron chi connectivity index (χ2n) is 6.15. The molecule has 0 radical (unpaired) electrons. The van der Waals surface area contributed by atoms with Gasteiger partial charge >= 0.3 is 5.97 Å². The van der Waals surface area contributed by atoms with Gasteiger partial charge in [0.1, 0.15) is 0 Å². The number of amides is 1. The molecule has 0 unspecified atom stereocenters. The van der Waals surface area contributed by atoms with Gasteiger partial charge in [0.05, 0.1) is 18.2 Å². The zero-order valence-corrected chi connectivity index (χ0v) is 14.8. The SMILES string of the molecule is Cc1ccccc1[C@H](CC(=O)O)NC(=O)c1ccnc(-c2cccnc2)c1. The number of aromatic nitrogens is 2. The van der Waals surface area contributed by atoms with Crippen LogP contribution in [0.1, 0.15) is 33.9 Å². The fourth-order valence-corrected chi connectivity index (χ4v) is 2.88. The average molecular weight is 361 g/mol. The molecule has 0 bridgehead atoms. The molecule has 0 spiro atoms. The van der Waals surface area contributed by atoms with E-state index in [-0.39, 0.29) is 12.3 Å². The molecule has 0 aliphatic carbocycles. The van der Waals surface area contributed by atoms with Crippen molar-refractivity contribution in [2.45, 2.75) is 19.4 Å². The number of hydrogen-bond donors (Lipinski definition) is 2. The van der Waals surface area contributed by atoms with E-state index in [1.807, 2.05) is 37.3 Å². The third kappa shape index (κ3) is 4.55. The minimum atomic E-state index is -0.977. The zero-order chi connectivity index (χ0) is 19.2. The predicted octanol–water partition coefficient (Wildman–Crippen LogP) is 3.40. The minimum absolute atomic E-state index is 0.197. The first-order chi connectivity index (χ1) is 13.0. The maximum absolute atomic E-state index is 12.8. The summed E-state index contributed by atoms with van der Waals surface area (Å²) < 4.78 is 0. The van der Waals surface area contributed by atoms with E-state index >= 15 is 0 Å².